The molecular weight excluding hydrogens is 178 g/mol. The van der Waals surface area contributed by atoms with E-state index in [1.54, 1.807) is 0 Å². The van der Waals surface area contributed by atoms with Gasteiger partial charge in [-0.25, -0.2) is 9.97 Å². The molecule has 6 heteroatoms. The van der Waals surface area contributed by atoms with Gasteiger partial charge in [0.1, 0.15) is 0 Å². The van der Waals surface area contributed by atoms with E-state index in [1.165, 1.54) is 18.5 Å². The van der Waals surface area contributed by atoms with E-state index in [-0.39, 0.29) is 0 Å². The fraction of sp³-hybridized carbons (Fsp3) is 0.200. The zero-order valence-corrected chi connectivity index (χ0v) is 5.92. The first-order valence-corrected chi connectivity index (χ1v) is 2.98. The Morgan fingerprint density at radius 1 is 1.36 bits per heavy atom. The van der Waals surface area contributed by atoms with Gasteiger partial charge in [0.25, 0.3) is 0 Å². The number of halogens is 3. The average Bonchev–Trinajstić information content (AvgIpc) is 1.85. The van der Waals surface area contributed by atoms with E-state index in [0.717, 1.165) is 0 Å². The Hall–Kier alpha value is -0.970. The largest absolute Gasteiger partial charge is 0.489 e. The first kappa shape index (κ1) is 8.13. The van der Waals surface area contributed by atoms with Gasteiger partial charge in [-0.1, -0.05) is 0 Å². The molecule has 0 unspecified atom stereocenters. The number of hydrogen-bond acceptors (Lipinski definition) is 3. The fourth-order valence-electron chi connectivity index (χ4n) is 0.442. The molecule has 0 aliphatic heterocycles. The van der Waals surface area contributed by atoms with Crippen LogP contribution in [-0.4, -0.2) is 15.5 Å². The zero-order chi connectivity index (χ0) is 8.32. The summed E-state index contributed by atoms with van der Waals surface area (Å²) in [4.78, 5) is 6.73. The molecule has 1 aromatic rings. The third-order valence-electron chi connectivity index (χ3n) is 0.749. The Bertz CT molecular complexity index is 226. The van der Waals surface area contributed by atoms with E-state index < -0.39 is 11.6 Å². The van der Waals surface area contributed by atoms with Crippen molar-refractivity contribution in [2.75, 3.05) is 0 Å². The molecule has 0 fully saturated rings. The zero-order valence-electron chi connectivity index (χ0n) is 5.17. The Balaban J connectivity index is 2.66. The minimum absolute atomic E-state index is 0.451. The van der Waals surface area contributed by atoms with Crippen LogP contribution in [0.15, 0.2) is 18.5 Å². The van der Waals surface area contributed by atoms with Crippen LogP contribution in [0.25, 0.3) is 0 Å². The molecule has 1 rings (SSSR count). The highest BCUT2D eigenvalue weighted by Crippen LogP contribution is 2.20. The van der Waals surface area contributed by atoms with Crippen molar-refractivity contribution in [3.63, 3.8) is 0 Å². The molecule has 1 heterocycles. The van der Waals surface area contributed by atoms with Crippen molar-refractivity contribution < 1.29 is 13.5 Å². The number of hydrogen-bond donors (Lipinski definition) is 0. The van der Waals surface area contributed by atoms with Crippen LogP contribution in [0.3, 0.4) is 0 Å². The van der Waals surface area contributed by atoms with Gasteiger partial charge in [0.2, 0.25) is 0 Å². The molecular formula is C5H3ClF2N2O. The van der Waals surface area contributed by atoms with Gasteiger partial charge in [-0.05, 0) is 6.07 Å². The lowest BCUT2D eigenvalue weighted by atomic mass is 10.7. The molecule has 60 valence electrons. The predicted molar refractivity (Wildman–Crippen MR) is 33.5 cm³/mol. The van der Waals surface area contributed by atoms with Crippen molar-refractivity contribution in [1.82, 2.24) is 9.97 Å². The van der Waals surface area contributed by atoms with Gasteiger partial charge in [-0.2, -0.15) is 0 Å². The van der Waals surface area contributed by atoms with Gasteiger partial charge < -0.3 is 4.74 Å². The van der Waals surface area contributed by atoms with E-state index in [1.807, 2.05) is 0 Å². The Kier molecular flexibility index (Phi) is 2.19. The van der Waals surface area contributed by atoms with E-state index in [9.17, 15) is 8.78 Å². The molecule has 3 nitrogen and oxygen atoms in total. The van der Waals surface area contributed by atoms with Crippen molar-refractivity contribution in [2.24, 2.45) is 0 Å². The highest BCUT2D eigenvalue weighted by Gasteiger charge is 2.28. The molecule has 0 amide bonds. The normalized spacial score (nSPS) is 11.2. The van der Waals surface area contributed by atoms with Gasteiger partial charge in [-0.15, -0.1) is 8.78 Å². The summed E-state index contributed by atoms with van der Waals surface area (Å²) >= 11 is 4.43. The van der Waals surface area contributed by atoms with Gasteiger partial charge in [-0.3, -0.25) is 0 Å². The fourth-order valence-corrected chi connectivity index (χ4v) is 0.511. The van der Waals surface area contributed by atoms with Crippen molar-refractivity contribution >= 4 is 11.6 Å². The lowest BCUT2D eigenvalue weighted by Gasteiger charge is -2.06. The van der Waals surface area contributed by atoms with E-state index in [0.29, 0.717) is 0 Å². The maximum Gasteiger partial charge on any atom is 0.489 e. The summed E-state index contributed by atoms with van der Waals surface area (Å²) in [6.45, 7) is 0. The molecule has 0 aliphatic rings. The molecule has 0 spiro atoms. The average molecular weight is 181 g/mol. The summed E-state index contributed by atoms with van der Waals surface area (Å²) in [6.07, 6.45) is 2.54. The van der Waals surface area contributed by atoms with Crippen molar-refractivity contribution in [3.05, 3.63) is 18.5 Å². The summed E-state index contributed by atoms with van der Waals surface area (Å²) in [6, 6.07) is 1.02. The molecule has 0 atom stereocenters. The molecule has 0 aliphatic carbocycles. The molecule has 11 heavy (non-hydrogen) atoms. The molecule has 0 saturated heterocycles. The monoisotopic (exact) mass is 180 g/mol. The summed E-state index contributed by atoms with van der Waals surface area (Å²) in [5.74, 6) is 0. The Morgan fingerprint density at radius 3 is 2.36 bits per heavy atom. The van der Waals surface area contributed by atoms with Gasteiger partial charge in [0.05, 0.1) is 0 Å². The summed E-state index contributed by atoms with van der Waals surface area (Å²) in [5.41, 5.74) is -3.75. The molecule has 0 N–H and O–H groups in total. The minimum atomic E-state index is -3.75. The smallest absolute Gasteiger partial charge is 0.385 e. The van der Waals surface area contributed by atoms with Crippen LogP contribution in [0.1, 0.15) is 0 Å². The lowest BCUT2D eigenvalue weighted by Crippen LogP contribution is -2.17. The second-order valence-corrected chi connectivity index (χ2v) is 2.02. The van der Waals surface area contributed by atoms with Crippen LogP contribution in [0.5, 0.6) is 6.01 Å². The van der Waals surface area contributed by atoms with Crippen LogP contribution in [-0.2, 0) is 0 Å². The highest BCUT2D eigenvalue weighted by molar-refractivity contribution is 6.20. The van der Waals surface area contributed by atoms with Crippen LogP contribution < -0.4 is 4.74 Å². The number of alkyl halides is 3. The van der Waals surface area contributed by atoms with Gasteiger partial charge >= 0.3 is 11.6 Å². The second-order valence-electron chi connectivity index (χ2n) is 1.58. The number of aromatic nitrogens is 2. The molecule has 1 aromatic heterocycles. The maximum absolute atomic E-state index is 11.9. The number of nitrogens with zero attached hydrogens (tertiary/aromatic N) is 2. The van der Waals surface area contributed by atoms with E-state index in [2.05, 4.69) is 26.3 Å². The molecule has 0 aromatic carbocycles. The first-order chi connectivity index (χ1) is 5.08. The standard InChI is InChI=1S/C5H3ClF2N2O/c6-5(7,8)11-4-9-2-1-3-10-4/h1-3H. The second kappa shape index (κ2) is 2.96. The van der Waals surface area contributed by atoms with Crippen LogP contribution in [0.2, 0.25) is 0 Å². The quantitative estimate of drug-likeness (QED) is 0.649. The topological polar surface area (TPSA) is 35.0 Å². The Morgan fingerprint density at radius 2 is 1.91 bits per heavy atom. The predicted octanol–water partition coefficient (Wildman–Crippen LogP) is 1.64. The number of rotatable bonds is 2. The third kappa shape index (κ3) is 3.08. The number of ether oxygens (including phenoxy) is 1. The highest BCUT2D eigenvalue weighted by atomic mass is 35.5. The van der Waals surface area contributed by atoms with Gasteiger partial charge in [0.15, 0.2) is 0 Å². The minimum Gasteiger partial charge on any atom is -0.385 e. The van der Waals surface area contributed by atoms with Crippen molar-refractivity contribution in [2.45, 2.75) is 5.57 Å². The summed E-state index contributed by atoms with van der Waals surface area (Å²) < 4.78 is 27.6. The molecule has 0 radical (unpaired) electrons. The van der Waals surface area contributed by atoms with Gasteiger partial charge in [0, 0.05) is 24.0 Å². The first-order valence-electron chi connectivity index (χ1n) is 2.61. The Labute approximate surface area is 66.0 Å². The van der Waals surface area contributed by atoms with Crippen molar-refractivity contribution in [1.29, 1.82) is 0 Å². The van der Waals surface area contributed by atoms with E-state index >= 15 is 0 Å². The third-order valence-corrected chi connectivity index (χ3v) is 0.826. The van der Waals surface area contributed by atoms with Crippen LogP contribution in [0, 0.1) is 0 Å². The lowest BCUT2D eigenvalue weighted by molar-refractivity contribution is -0.102. The van der Waals surface area contributed by atoms with Crippen LogP contribution >= 0.6 is 11.6 Å². The van der Waals surface area contributed by atoms with Crippen molar-refractivity contribution in [3.8, 4) is 6.01 Å². The molecule has 0 saturated carbocycles. The van der Waals surface area contributed by atoms with E-state index in [4.69, 9.17) is 0 Å². The SMILES string of the molecule is FC(F)(Cl)Oc1ncccn1. The summed E-state index contributed by atoms with van der Waals surface area (Å²) in [5, 5.41) is 0. The van der Waals surface area contributed by atoms with Crippen LogP contribution in [0.4, 0.5) is 8.78 Å². The molecule has 0 bridgehead atoms. The maximum atomic E-state index is 11.9. The summed E-state index contributed by atoms with van der Waals surface area (Å²) in [7, 11) is 0.